The van der Waals surface area contributed by atoms with E-state index in [1.54, 1.807) is 19.1 Å². The quantitative estimate of drug-likeness (QED) is 0.722. The van der Waals surface area contributed by atoms with Gasteiger partial charge in [0, 0.05) is 6.42 Å². The van der Waals surface area contributed by atoms with E-state index in [0.29, 0.717) is 13.0 Å². The van der Waals surface area contributed by atoms with E-state index >= 15 is 0 Å². The number of halogens is 2. The molecule has 0 saturated heterocycles. The molecule has 0 radical (unpaired) electrons. The van der Waals surface area contributed by atoms with Crippen LogP contribution in [0.15, 0.2) is 24.3 Å². The summed E-state index contributed by atoms with van der Waals surface area (Å²) in [5.74, 6) is 0.00728. The summed E-state index contributed by atoms with van der Waals surface area (Å²) in [6, 6.07) is 6.05. The lowest BCUT2D eigenvalue weighted by atomic mass is 10.1. The zero-order valence-corrected chi connectivity index (χ0v) is 11.4. The van der Waals surface area contributed by atoms with Crippen LogP contribution in [-0.4, -0.2) is 19.1 Å². The van der Waals surface area contributed by atoms with Gasteiger partial charge >= 0.3 is 6.61 Å². The average molecular weight is 286 g/mol. The monoisotopic (exact) mass is 286 g/mol. The van der Waals surface area contributed by atoms with Crippen LogP contribution >= 0.6 is 0 Å². The Labute approximate surface area is 117 Å². The maximum Gasteiger partial charge on any atom is 0.387 e. The molecule has 0 aromatic heterocycles. The fourth-order valence-electron chi connectivity index (χ4n) is 1.79. The molecule has 0 spiro atoms. The van der Waals surface area contributed by atoms with E-state index in [-0.39, 0.29) is 17.7 Å². The number of nitrogens with two attached hydrogens (primary N) is 1. The van der Waals surface area contributed by atoms with Gasteiger partial charge in [0.05, 0.1) is 6.04 Å². The Morgan fingerprint density at radius 2 is 2.15 bits per heavy atom. The SMILES string of the molecule is CC(NC(=O)CCCCN)c1cccc(OC(F)F)c1. The number of amides is 1. The first-order valence-electron chi connectivity index (χ1n) is 6.57. The first-order chi connectivity index (χ1) is 9.52. The Kier molecular flexibility index (Phi) is 6.93. The second-order valence-electron chi connectivity index (χ2n) is 4.49. The van der Waals surface area contributed by atoms with Gasteiger partial charge in [0.1, 0.15) is 5.75 Å². The van der Waals surface area contributed by atoms with Gasteiger partial charge in [0.2, 0.25) is 5.91 Å². The third-order valence-electron chi connectivity index (χ3n) is 2.82. The van der Waals surface area contributed by atoms with Gasteiger partial charge in [-0.15, -0.1) is 0 Å². The summed E-state index contributed by atoms with van der Waals surface area (Å²) >= 11 is 0. The predicted octanol–water partition coefficient (Wildman–Crippen LogP) is 2.59. The topological polar surface area (TPSA) is 64.4 Å². The Morgan fingerprint density at radius 1 is 1.40 bits per heavy atom. The molecule has 1 atom stereocenters. The summed E-state index contributed by atoms with van der Waals surface area (Å²) in [7, 11) is 0. The number of nitrogens with one attached hydrogen (secondary N) is 1. The summed E-state index contributed by atoms with van der Waals surface area (Å²) in [6.45, 7) is -0.496. The Bertz CT molecular complexity index is 427. The predicted molar refractivity (Wildman–Crippen MR) is 72.5 cm³/mol. The molecule has 1 rings (SSSR count). The van der Waals surface area contributed by atoms with Gasteiger partial charge in [-0.1, -0.05) is 12.1 Å². The van der Waals surface area contributed by atoms with Gasteiger partial charge in [-0.2, -0.15) is 8.78 Å². The highest BCUT2D eigenvalue weighted by Crippen LogP contribution is 2.20. The van der Waals surface area contributed by atoms with Crippen molar-refractivity contribution in [3.63, 3.8) is 0 Å². The van der Waals surface area contributed by atoms with Crippen LogP contribution in [0.1, 0.15) is 37.8 Å². The minimum Gasteiger partial charge on any atom is -0.435 e. The van der Waals surface area contributed by atoms with Crippen molar-refractivity contribution in [2.45, 2.75) is 38.8 Å². The zero-order chi connectivity index (χ0) is 15.0. The van der Waals surface area contributed by atoms with Crippen LogP contribution in [0.5, 0.6) is 5.75 Å². The second kappa shape index (κ2) is 8.47. The first-order valence-corrected chi connectivity index (χ1v) is 6.57. The third-order valence-corrected chi connectivity index (χ3v) is 2.82. The van der Waals surface area contributed by atoms with Crippen molar-refractivity contribution in [2.75, 3.05) is 6.54 Å². The molecule has 0 bridgehead atoms. The highest BCUT2D eigenvalue weighted by molar-refractivity contribution is 5.76. The van der Waals surface area contributed by atoms with Crippen molar-refractivity contribution in [3.8, 4) is 5.75 Å². The highest BCUT2D eigenvalue weighted by atomic mass is 19.3. The summed E-state index contributed by atoms with van der Waals surface area (Å²) in [5, 5.41) is 2.81. The van der Waals surface area contributed by atoms with Crippen molar-refractivity contribution in [2.24, 2.45) is 5.73 Å². The van der Waals surface area contributed by atoms with E-state index in [1.807, 2.05) is 0 Å². The standard InChI is InChI=1S/C14H20F2N2O2/c1-10(18-13(19)7-2-3-8-17)11-5-4-6-12(9-11)20-14(15)16/h4-6,9-10,14H,2-3,7-8,17H2,1H3,(H,18,19). The molecule has 1 unspecified atom stereocenters. The molecule has 0 heterocycles. The molecule has 0 aliphatic rings. The smallest absolute Gasteiger partial charge is 0.387 e. The number of rotatable bonds is 8. The van der Waals surface area contributed by atoms with Gasteiger partial charge in [-0.25, -0.2) is 0 Å². The molecule has 1 aromatic rings. The number of unbranched alkanes of at least 4 members (excludes halogenated alkanes) is 1. The normalized spacial score (nSPS) is 12.2. The fraction of sp³-hybridized carbons (Fsp3) is 0.500. The number of carbonyl (C=O) groups is 1. The molecule has 4 nitrogen and oxygen atoms in total. The van der Waals surface area contributed by atoms with E-state index in [9.17, 15) is 13.6 Å². The average Bonchev–Trinajstić information content (AvgIpc) is 2.38. The Hall–Kier alpha value is -1.69. The molecule has 0 fully saturated rings. The molecule has 112 valence electrons. The molecule has 6 heteroatoms. The minimum absolute atomic E-state index is 0.0777. The van der Waals surface area contributed by atoms with Crippen LogP contribution < -0.4 is 15.8 Å². The number of hydrogen-bond donors (Lipinski definition) is 2. The molecule has 1 amide bonds. The minimum atomic E-state index is -2.86. The largest absolute Gasteiger partial charge is 0.435 e. The molecular weight excluding hydrogens is 266 g/mol. The van der Waals surface area contributed by atoms with Crippen LogP contribution in [0.2, 0.25) is 0 Å². The van der Waals surface area contributed by atoms with Crippen molar-refractivity contribution < 1.29 is 18.3 Å². The molecule has 0 aliphatic carbocycles. The van der Waals surface area contributed by atoms with E-state index < -0.39 is 6.61 Å². The van der Waals surface area contributed by atoms with Gasteiger partial charge in [-0.05, 0) is 44.0 Å². The fourth-order valence-corrected chi connectivity index (χ4v) is 1.79. The lowest BCUT2D eigenvalue weighted by Gasteiger charge is -2.15. The van der Waals surface area contributed by atoms with E-state index in [1.165, 1.54) is 12.1 Å². The molecule has 3 N–H and O–H groups in total. The molecule has 0 saturated carbocycles. The van der Waals surface area contributed by atoms with Crippen LogP contribution in [0, 0.1) is 0 Å². The molecule has 0 aliphatic heterocycles. The van der Waals surface area contributed by atoms with E-state index in [0.717, 1.165) is 18.4 Å². The molecule has 1 aromatic carbocycles. The van der Waals surface area contributed by atoms with Crippen molar-refractivity contribution in [1.29, 1.82) is 0 Å². The third kappa shape index (κ3) is 5.97. The second-order valence-corrected chi connectivity index (χ2v) is 4.49. The molecular formula is C14H20F2N2O2. The summed E-state index contributed by atoms with van der Waals surface area (Å²) < 4.78 is 28.6. The number of alkyl halides is 2. The lowest BCUT2D eigenvalue weighted by Crippen LogP contribution is -2.26. The van der Waals surface area contributed by atoms with Gasteiger partial charge in [0.25, 0.3) is 0 Å². The van der Waals surface area contributed by atoms with Crippen LogP contribution in [0.4, 0.5) is 8.78 Å². The van der Waals surface area contributed by atoms with Crippen molar-refractivity contribution in [3.05, 3.63) is 29.8 Å². The Morgan fingerprint density at radius 3 is 2.80 bits per heavy atom. The summed E-state index contributed by atoms with van der Waals surface area (Å²) in [6.07, 6.45) is 1.96. The molecule has 20 heavy (non-hydrogen) atoms. The number of ether oxygens (including phenoxy) is 1. The zero-order valence-electron chi connectivity index (χ0n) is 11.4. The van der Waals surface area contributed by atoms with E-state index in [4.69, 9.17) is 5.73 Å². The van der Waals surface area contributed by atoms with Gasteiger partial charge < -0.3 is 15.8 Å². The maximum atomic E-state index is 12.1. The summed E-state index contributed by atoms with van der Waals surface area (Å²) in [5.41, 5.74) is 6.07. The summed E-state index contributed by atoms with van der Waals surface area (Å²) in [4.78, 5) is 11.7. The highest BCUT2D eigenvalue weighted by Gasteiger charge is 2.11. The maximum absolute atomic E-state index is 12.1. The number of benzene rings is 1. The van der Waals surface area contributed by atoms with Crippen LogP contribution in [-0.2, 0) is 4.79 Å². The Balaban J connectivity index is 2.54. The van der Waals surface area contributed by atoms with Gasteiger partial charge in [0.15, 0.2) is 0 Å². The number of carbonyl (C=O) groups excluding carboxylic acids is 1. The number of hydrogen-bond acceptors (Lipinski definition) is 3. The van der Waals surface area contributed by atoms with Crippen molar-refractivity contribution in [1.82, 2.24) is 5.32 Å². The van der Waals surface area contributed by atoms with Gasteiger partial charge in [-0.3, -0.25) is 4.79 Å². The first kappa shape index (κ1) is 16.4. The van der Waals surface area contributed by atoms with E-state index in [2.05, 4.69) is 10.1 Å². The lowest BCUT2D eigenvalue weighted by molar-refractivity contribution is -0.121. The van der Waals surface area contributed by atoms with Crippen LogP contribution in [0.25, 0.3) is 0 Å². The van der Waals surface area contributed by atoms with Crippen molar-refractivity contribution >= 4 is 5.91 Å². The van der Waals surface area contributed by atoms with Crippen LogP contribution in [0.3, 0.4) is 0 Å².